The molecule has 0 aromatic carbocycles. The lowest BCUT2D eigenvalue weighted by molar-refractivity contribution is 0.550. The lowest BCUT2D eigenvalue weighted by atomic mass is 10.1. The van der Waals surface area contributed by atoms with Crippen LogP contribution in [-0.4, -0.2) is 12.6 Å². The standard InChI is InChI=1S/C6H14N2/c7-4-5-1-2-6(8)3-5/h5-6H,1-4,7-8H2/t5-,6-/m0/s1. The highest BCUT2D eigenvalue weighted by molar-refractivity contribution is 4.77. The Morgan fingerprint density at radius 2 is 2.12 bits per heavy atom. The molecule has 0 aliphatic heterocycles. The average molecular weight is 114 g/mol. The van der Waals surface area contributed by atoms with Crippen LogP contribution in [0.25, 0.3) is 0 Å². The quantitative estimate of drug-likeness (QED) is 0.507. The molecule has 0 aromatic heterocycles. The summed E-state index contributed by atoms with van der Waals surface area (Å²) in [5, 5.41) is 0. The first-order valence-electron chi connectivity index (χ1n) is 3.28. The SMILES string of the molecule is NC[C@H]1CC[C@H](N)C1. The second-order valence-corrected chi connectivity index (χ2v) is 2.67. The second-order valence-electron chi connectivity index (χ2n) is 2.67. The van der Waals surface area contributed by atoms with Gasteiger partial charge in [0.2, 0.25) is 0 Å². The van der Waals surface area contributed by atoms with E-state index >= 15 is 0 Å². The van der Waals surface area contributed by atoms with Crippen molar-refractivity contribution in [2.75, 3.05) is 6.54 Å². The van der Waals surface area contributed by atoms with Gasteiger partial charge in [0.25, 0.3) is 0 Å². The highest BCUT2D eigenvalue weighted by Gasteiger charge is 2.19. The van der Waals surface area contributed by atoms with Crippen LogP contribution in [0.2, 0.25) is 0 Å². The smallest absolute Gasteiger partial charge is 0.00420 e. The molecule has 8 heavy (non-hydrogen) atoms. The van der Waals surface area contributed by atoms with Crippen LogP contribution < -0.4 is 11.5 Å². The zero-order valence-corrected chi connectivity index (χ0v) is 5.14. The van der Waals surface area contributed by atoms with Crippen LogP contribution in [0, 0.1) is 5.92 Å². The Kier molecular flexibility index (Phi) is 1.86. The van der Waals surface area contributed by atoms with Gasteiger partial charge >= 0.3 is 0 Å². The molecule has 4 N–H and O–H groups in total. The van der Waals surface area contributed by atoms with E-state index in [1.807, 2.05) is 0 Å². The fraction of sp³-hybridized carbons (Fsp3) is 1.00. The van der Waals surface area contributed by atoms with Gasteiger partial charge in [-0.2, -0.15) is 0 Å². The number of nitrogens with two attached hydrogens (primary N) is 2. The molecule has 0 saturated heterocycles. The van der Waals surface area contributed by atoms with Crippen molar-refractivity contribution in [2.24, 2.45) is 17.4 Å². The maximum Gasteiger partial charge on any atom is 0.00420 e. The Balaban J connectivity index is 2.22. The maximum atomic E-state index is 5.65. The fourth-order valence-electron chi connectivity index (χ4n) is 1.33. The lowest BCUT2D eigenvalue weighted by Gasteiger charge is -2.02. The molecule has 1 saturated carbocycles. The summed E-state index contributed by atoms with van der Waals surface area (Å²) in [5.74, 6) is 0.727. The van der Waals surface area contributed by atoms with Gasteiger partial charge in [-0.25, -0.2) is 0 Å². The number of rotatable bonds is 1. The largest absolute Gasteiger partial charge is 0.330 e. The van der Waals surface area contributed by atoms with Crippen LogP contribution in [0.1, 0.15) is 19.3 Å². The Morgan fingerprint density at radius 3 is 2.38 bits per heavy atom. The van der Waals surface area contributed by atoms with Crippen LogP contribution in [0.5, 0.6) is 0 Å². The summed E-state index contributed by atoms with van der Waals surface area (Å²) in [6, 6.07) is 0.448. The molecule has 1 rings (SSSR count). The average Bonchev–Trinajstić information content (AvgIpc) is 2.14. The number of hydrogen-bond donors (Lipinski definition) is 2. The predicted molar refractivity (Wildman–Crippen MR) is 34.4 cm³/mol. The molecule has 0 spiro atoms. The summed E-state index contributed by atoms with van der Waals surface area (Å²) < 4.78 is 0. The van der Waals surface area contributed by atoms with E-state index in [0.29, 0.717) is 6.04 Å². The Morgan fingerprint density at radius 1 is 1.38 bits per heavy atom. The van der Waals surface area contributed by atoms with Crippen LogP contribution in [0.4, 0.5) is 0 Å². The van der Waals surface area contributed by atoms with Crippen molar-refractivity contribution >= 4 is 0 Å². The van der Waals surface area contributed by atoms with Crippen molar-refractivity contribution in [3.05, 3.63) is 0 Å². The van der Waals surface area contributed by atoms with Crippen molar-refractivity contribution in [1.82, 2.24) is 0 Å². The summed E-state index contributed by atoms with van der Waals surface area (Å²) >= 11 is 0. The normalized spacial score (nSPS) is 38.2. The third-order valence-corrected chi connectivity index (χ3v) is 1.92. The predicted octanol–water partition coefficient (Wildman–Crippen LogP) is 0.0725. The van der Waals surface area contributed by atoms with Gasteiger partial charge in [0.1, 0.15) is 0 Å². The summed E-state index contributed by atoms with van der Waals surface area (Å²) in [6.45, 7) is 0.827. The first-order chi connectivity index (χ1) is 3.83. The zero-order valence-electron chi connectivity index (χ0n) is 5.14. The van der Waals surface area contributed by atoms with Crippen molar-refractivity contribution in [3.8, 4) is 0 Å². The van der Waals surface area contributed by atoms with Crippen molar-refractivity contribution in [2.45, 2.75) is 25.3 Å². The Labute approximate surface area is 50.2 Å². The lowest BCUT2D eigenvalue weighted by Crippen LogP contribution is -2.17. The van der Waals surface area contributed by atoms with Gasteiger partial charge in [0, 0.05) is 6.04 Å². The van der Waals surface area contributed by atoms with E-state index in [-0.39, 0.29) is 0 Å². The molecule has 1 aliphatic carbocycles. The minimum atomic E-state index is 0.448. The highest BCUT2D eigenvalue weighted by atomic mass is 14.7. The molecule has 48 valence electrons. The summed E-state index contributed by atoms with van der Waals surface area (Å²) in [4.78, 5) is 0. The van der Waals surface area contributed by atoms with Crippen LogP contribution >= 0.6 is 0 Å². The Bertz CT molecular complexity index is 72.9. The molecule has 0 heterocycles. The van der Waals surface area contributed by atoms with Gasteiger partial charge in [-0.1, -0.05) is 0 Å². The zero-order chi connectivity index (χ0) is 5.98. The molecule has 1 fully saturated rings. The van der Waals surface area contributed by atoms with Crippen molar-refractivity contribution in [3.63, 3.8) is 0 Å². The molecular weight excluding hydrogens is 100 g/mol. The monoisotopic (exact) mass is 114 g/mol. The third kappa shape index (κ3) is 1.20. The Hall–Kier alpha value is -0.0800. The van der Waals surface area contributed by atoms with Gasteiger partial charge in [0.05, 0.1) is 0 Å². The molecule has 0 radical (unpaired) electrons. The molecular formula is C6H14N2. The van der Waals surface area contributed by atoms with Gasteiger partial charge in [-0.3, -0.25) is 0 Å². The van der Waals surface area contributed by atoms with E-state index in [2.05, 4.69) is 0 Å². The molecule has 0 amide bonds. The molecule has 2 heteroatoms. The highest BCUT2D eigenvalue weighted by Crippen LogP contribution is 2.22. The van der Waals surface area contributed by atoms with Gasteiger partial charge in [-0.05, 0) is 31.7 Å². The first-order valence-corrected chi connectivity index (χ1v) is 3.28. The maximum absolute atomic E-state index is 5.65. The van der Waals surface area contributed by atoms with E-state index < -0.39 is 0 Å². The third-order valence-electron chi connectivity index (χ3n) is 1.92. The molecule has 0 bridgehead atoms. The molecule has 2 nitrogen and oxygen atoms in total. The van der Waals surface area contributed by atoms with Gasteiger partial charge in [0.15, 0.2) is 0 Å². The van der Waals surface area contributed by atoms with Gasteiger partial charge < -0.3 is 11.5 Å². The molecule has 0 aromatic rings. The van der Waals surface area contributed by atoms with E-state index in [9.17, 15) is 0 Å². The minimum Gasteiger partial charge on any atom is -0.330 e. The van der Waals surface area contributed by atoms with Crippen LogP contribution in [-0.2, 0) is 0 Å². The topological polar surface area (TPSA) is 52.0 Å². The van der Waals surface area contributed by atoms with E-state index in [1.54, 1.807) is 0 Å². The van der Waals surface area contributed by atoms with E-state index in [0.717, 1.165) is 18.9 Å². The van der Waals surface area contributed by atoms with Crippen LogP contribution in [0.3, 0.4) is 0 Å². The van der Waals surface area contributed by atoms with Crippen LogP contribution in [0.15, 0.2) is 0 Å². The molecule has 2 atom stereocenters. The molecule has 0 unspecified atom stereocenters. The fourth-order valence-corrected chi connectivity index (χ4v) is 1.33. The summed E-state index contributed by atoms with van der Waals surface area (Å²) in [6.07, 6.45) is 3.58. The second kappa shape index (κ2) is 2.46. The van der Waals surface area contributed by atoms with Gasteiger partial charge in [-0.15, -0.1) is 0 Å². The summed E-state index contributed by atoms with van der Waals surface area (Å²) in [5.41, 5.74) is 11.1. The van der Waals surface area contributed by atoms with Crippen molar-refractivity contribution < 1.29 is 0 Å². The van der Waals surface area contributed by atoms with E-state index in [1.165, 1.54) is 12.8 Å². The minimum absolute atomic E-state index is 0.448. The van der Waals surface area contributed by atoms with E-state index in [4.69, 9.17) is 11.5 Å². The first kappa shape index (κ1) is 6.05. The summed E-state index contributed by atoms with van der Waals surface area (Å²) in [7, 11) is 0. The number of hydrogen-bond acceptors (Lipinski definition) is 2. The molecule has 1 aliphatic rings. The van der Waals surface area contributed by atoms with Crippen molar-refractivity contribution in [1.29, 1.82) is 0 Å².